The predicted molar refractivity (Wildman–Crippen MR) is 61.9 cm³/mol. The molecule has 0 aliphatic rings. The maximum Gasteiger partial charge on any atom is 0.422 e. The van der Waals surface area contributed by atoms with Crippen molar-refractivity contribution >= 4 is 22.8 Å². The van der Waals surface area contributed by atoms with Gasteiger partial charge in [-0.15, -0.1) is 0 Å². The molecule has 0 aliphatic carbocycles. The standard InChI is InChI=1S/C11H10F3N3O2/c1-6-15-8-3-2-7(4-9(8)16-6)17-10(18)19-5-11(12,13)14/h2-4H,5H2,1H3,(H,15,16)(H,17,18). The Kier molecular flexibility index (Phi) is 3.32. The SMILES string of the molecule is Cc1nc2ccc(NC(=O)OCC(F)(F)F)cc2[nH]1. The van der Waals surface area contributed by atoms with Crippen LogP contribution in [0.4, 0.5) is 23.7 Å². The zero-order valence-electron chi connectivity index (χ0n) is 9.84. The number of aromatic amines is 1. The van der Waals surface area contributed by atoms with E-state index >= 15 is 0 Å². The smallest absolute Gasteiger partial charge is 0.422 e. The molecular weight excluding hydrogens is 263 g/mol. The first-order valence-electron chi connectivity index (χ1n) is 5.30. The monoisotopic (exact) mass is 273 g/mol. The molecule has 0 saturated heterocycles. The number of nitrogens with one attached hydrogen (secondary N) is 2. The second-order valence-electron chi connectivity index (χ2n) is 3.87. The van der Waals surface area contributed by atoms with Crippen molar-refractivity contribution in [3.63, 3.8) is 0 Å². The number of benzene rings is 1. The fourth-order valence-electron chi connectivity index (χ4n) is 1.52. The summed E-state index contributed by atoms with van der Waals surface area (Å²) < 4.78 is 39.6. The Balaban J connectivity index is 2.02. The van der Waals surface area contributed by atoms with Gasteiger partial charge in [-0.05, 0) is 25.1 Å². The van der Waals surface area contributed by atoms with E-state index in [0.717, 1.165) is 0 Å². The lowest BCUT2D eigenvalue weighted by atomic mass is 10.3. The number of anilines is 1. The Morgan fingerprint density at radius 2 is 2.21 bits per heavy atom. The van der Waals surface area contributed by atoms with Crippen molar-refractivity contribution in [3.8, 4) is 0 Å². The van der Waals surface area contributed by atoms with Crippen LogP contribution < -0.4 is 5.32 Å². The number of halogens is 3. The minimum Gasteiger partial charge on any atom is -0.440 e. The molecule has 2 N–H and O–H groups in total. The highest BCUT2D eigenvalue weighted by atomic mass is 19.4. The number of carbonyl (C=O) groups excluding carboxylic acids is 1. The van der Waals surface area contributed by atoms with Crippen molar-refractivity contribution in [1.82, 2.24) is 9.97 Å². The number of rotatable bonds is 2. The van der Waals surface area contributed by atoms with Crippen molar-refractivity contribution < 1.29 is 22.7 Å². The summed E-state index contributed by atoms with van der Waals surface area (Å²) in [5.41, 5.74) is 1.70. The molecular formula is C11H10F3N3O2. The van der Waals surface area contributed by atoms with Gasteiger partial charge < -0.3 is 9.72 Å². The van der Waals surface area contributed by atoms with Crippen molar-refractivity contribution in [2.45, 2.75) is 13.1 Å². The molecule has 0 fully saturated rings. The van der Waals surface area contributed by atoms with Crippen LogP contribution in [0.15, 0.2) is 18.2 Å². The van der Waals surface area contributed by atoms with Crippen LogP contribution >= 0.6 is 0 Å². The lowest BCUT2D eigenvalue weighted by Gasteiger charge is -2.08. The number of nitrogens with zero attached hydrogens (tertiary/aromatic N) is 1. The van der Waals surface area contributed by atoms with Crippen molar-refractivity contribution in [1.29, 1.82) is 0 Å². The molecule has 0 saturated carbocycles. The number of fused-ring (bicyclic) bond motifs is 1. The summed E-state index contributed by atoms with van der Waals surface area (Å²) in [6.07, 6.45) is -5.70. The first-order chi connectivity index (χ1) is 8.83. The second kappa shape index (κ2) is 4.79. The van der Waals surface area contributed by atoms with E-state index in [1.807, 2.05) is 0 Å². The van der Waals surface area contributed by atoms with Gasteiger partial charge in [-0.2, -0.15) is 13.2 Å². The molecule has 0 atom stereocenters. The third-order valence-corrected chi connectivity index (χ3v) is 2.21. The fourth-order valence-corrected chi connectivity index (χ4v) is 1.52. The Morgan fingerprint density at radius 3 is 2.89 bits per heavy atom. The second-order valence-corrected chi connectivity index (χ2v) is 3.87. The maximum absolute atomic E-state index is 11.8. The highest BCUT2D eigenvalue weighted by Crippen LogP contribution is 2.18. The Morgan fingerprint density at radius 1 is 1.47 bits per heavy atom. The minimum atomic E-state index is -4.54. The van der Waals surface area contributed by atoms with E-state index in [9.17, 15) is 18.0 Å². The van der Waals surface area contributed by atoms with Crippen LogP contribution in [0.2, 0.25) is 0 Å². The fraction of sp³-hybridized carbons (Fsp3) is 0.273. The number of carbonyl (C=O) groups is 1. The lowest BCUT2D eigenvalue weighted by Crippen LogP contribution is -2.23. The van der Waals surface area contributed by atoms with Gasteiger partial charge in [-0.3, -0.25) is 5.32 Å². The van der Waals surface area contributed by atoms with Crippen LogP contribution in [0.5, 0.6) is 0 Å². The van der Waals surface area contributed by atoms with Crippen LogP contribution in [0.3, 0.4) is 0 Å². The van der Waals surface area contributed by atoms with Gasteiger partial charge in [0.25, 0.3) is 0 Å². The minimum absolute atomic E-state index is 0.323. The molecule has 2 aromatic rings. The lowest BCUT2D eigenvalue weighted by molar-refractivity contribution is -0.159. The molecule has 19 heavy (non-hydrogen) atoms. The summed E-state index contributed by atoms with van der Waals surface area (Å²) >= 11 is 0. The van der Waals surface area contributed by atoms with Gasteiger partial charge in [0.15, 0.2) is 6.61 Å². The van der Waals surface area contributed by atoms with E-state index in [1.165, 1.54) is 6.07 Å². The van der Waals surface area contributed by atoms with E-state index in [1.54, 1.807) is 19.1 Å². The Bertz CT molecular complexity index is 607. The van der Waals surface area contributed by atoms with Crippen molar-refractivity contribution in [2.75, 3.05) is 11.9 Å². The summed E-state index contributed by atoms with van der Waals surface area (Å²) in [5, 5.41) is 2.21. The summed E-state index contributed by atoms with van der Waals surface area (Å²) in [7, 11) is 0. The van der Waals surface area contributed by atoms with E-state index in [4.69, 9.17) is 0 Å². The van der Waals surface area contributed by atoms with E-state index in [0.29, 0.717) is 22.5 Å². The third kappa shape index (κ3) is 3.60. The van der Waals surface area contributed by atoms with E-state index in [-0.39, 0.29) is 0 Å². The Labute approximate surface area is 105 Å². The van der Waals surface area contributed by atoms with Crippen LogP contribution in [-0.4, -0.2) is 28.8 Å². The van der Waals surface area contributed by atoms with Gasteiger partial charge >= 0.3 is 12.3 Å². The number of H-pyrrole nitrogens is 1. The highest BCUT2D eigenvalue weighted by molar-refractivity contribution is 5.88. The Hall–Kier alpha value is -2.25. The molecule has 5 nitrogen and oxygen atoms in total. The maximum atomic E-state index is 11.8. The van der Waals surface area contributed by atoms with Crippen LogP contribution in [0.1, 0.15) is 5.82 Å². The topological polar surface area (TPSA) is 67.0 Å². The summed E-state index contributed by atoms with van der Waals surface area (Å²) in [4.78, 5) is 18.2. The number of hydrogen-bond donors (Lipinski definition) is 2. The summed E-state index contributed by atoms with van der Waals surface area (Å²) in [6.45, 7) is 0.148. The molecule has 1 heterocycles. The zero-order valence-corrected chi connectivity index (χ0v) is 9.84. The molecule has 0 bridgehead atoms. The van der Waals surface area contributed by atoms with Crippen LogP contribution in [0, 0.1) is 6.92 Å². The first-order valence-corrected chi connectivity index (χ1v) is 5.30. The van der Waals surface area contributed by atoms with Gasteiger partial charge in [0.1, 0.15) is 5.82 Å². The number of ether oxygens (including phenoxy) is 1. The molecule has 1 amide bonds. The van der Waals surface area contributed by atoms with Gasteiger partial charge in [0.05, 0.1) is 11.0 Å². The third-order valence-electron chi connectivity index (χ3n) is 2.21. The summed E-state index contributed by atoms with van der Waals surface area (Å²) in [6, 6.07) is 4.72. The largest absolute Gasteiger partial charge is 0.440 e. The number of alkyl halides is 3. The van der Waals surface area contributed by atoms with Crippen molar-refractivity contribution in [2.24, 2.45) is 0 Å². The molecule has 0 spiro atoms. The number of amides is 1. The molecule has 0 radical (unpaired) electrons. The quantitative estimate of drug-likeness (QED) is 0.883. The molecule has 1 aromatic carbocycles. The number of aryl methyl sites for hydroxylation is 1. The molecule has 0 unspecified atom stereocenters. The molecule has 102 valence electrons. The number of imidazole rings is 1. The van der Waals surface area contributed by atoms with Gasteiger partial charge in [0.2, 0.25) is 0 Å². The molecule has 8 heteroatoms. The zero-order chi connectivity index (χ0) is 14.0. The molecule has 1 aromatic heterocycles. The van der Waals surface area contributed by atoms with Gasteiger partial charge in [-0.25, -0.2) is 9.78 Å². The van der Waals surface area contributed by atoms with E-state index < -0.39 is 18.9 Å². The predicted octanol–water partition coefficient (Wildman–Crippen LogP) is 2.98. The number of aromatic nitrogens is 2. The first kappa shape index (κ1) is 13.2. The number of hydrogen-bond acceptors (Lipinski definition) is 3. The van der Waals surface area contributed by atoms with Gasteiger partial charge in [0, 0.05) is 5.69 Å². The normalized spacial score (nSPS) is 11.6. The summed E-state index contributed by atoms with van der Waals surface area (Å²) in [5.74, 6) is 0.701. The van der Waals surface area contributed by atoms with Crippen LogP contribution in [0.25, 0.3) is 11.0 Å². The van der Waals surface area contributed by atoms with Gasteiger partial charge in [-0.1, -0.05) is 0 Å². The molecule has 2 rings (SSSR count). The van der Waals surface area contributed by atoms with Crippen LogP contribution in [-0.2, 0) is 4.74 Å². The molecule has 0 aliphatic heterocycles. The average molecular weight is 273 g/mol. The average Bonchev–Trinajstić information content (AvgIpc) is 2.65. The van der Waals surface area contributed by atoms with Crippen molar-refractivity contribution in [3.05, 3.63) is 24.0 Å². The highest BCUT2D eigenvalue weighted by Gasteiger charge is 2.29. The van der Waals surface area contributed by atoms with E-state index in [2.05, 4.69) is 20.0 Å².